The number of aromatic nitrogens is 5. The largest absolute Gasteiger partial charge is 0.535 e. The maximum atomic E-state index is 13.9. The van der Waals surface area contributed by atoms with Crippen LogP contribution in [0.1, 0.15) is 297 Å². The minimum absolute atomic E-state index is 0. The number of hydrogen-bond acceptors (Lipinski definition) is 17. The van der Waals surface area contributed by atoms with Gasteiger partial charge >= 0.3 is 0 Å². The number of pyridine rings is 2. The molecule has 21 heteroatoms. The van der Waals surface area contributed by atoms with Crippen LogP contribution in [0.4, 0.5) is 17.3 Å². The summed E-state index contributed by atoms with van der Waals surface area (Å²) in [5.74, 6) is 2.37. The summed E-state index contributed by atoms with van der Waals surface area (Å²) in [7, 11) is 0. The zero-order valence-corrected chi connectivity index (χ0v) is 90.5. The Morgan fingerprint density at radius 1 is 0.481 bits per heavy atom. The number of carbonyl (C=O) groups excluding carboxylic acids is 6. The summed E-state index contributed by atoms with van der Waals surface area (Å²) in [6.45, 7) is 67.1. The number of piperazine rings is 3. The van der Waals surface area contributed by atoms with Crippen LogP contribution >= 0.6 is 0 Å². The zero-order chi connectivity index (χ0) is 95.5. The Kier molecular flexibility index (Phi) is 41.4. The molecule has 7 heterocycles. The summed E-state index contributed by atoms with van der Waals surface area (Å²) >= 11 is 0. The van der Waals surface area contributed by atoms with Gasteiger partial charge in [-0.1, -0.05) is 156 Å². The second kappa shape index (κ2) is 50.1. The van der Waals surface area contributed by atoms with E-state index in [-0.39, 0.29) is 123 Å². The first kappa shape index (κ1) is 110. The van der Waals surface area contributed by atoms with Gasteiger partial charge in [-0.25, -0.2) is 16.5 Å². The van der Waals surface area contributed by atoms with Gasteiger partial charge in [0.15, 0.2) is 34.7 Å². The van der Waals surface area contributed by atoms with Crippen LogP contribution in [0.2, 0.25) is 0 Å². The second-order valence-corrected chi connectivity index (χ2v) is 38.7. The average Bonchev–Trinajstić information content (AvgIpc) is 1.62. The monoisotopic (exact) mass is 1950 g/mol. The number of nitrogens with one attached hydrogen (secondary N) is 2. The summed E-state index contributed by atoms with van der Waals surface area (Å²) in [6.07, 6.45) is 23.4. The molecule has 4 aliphatic carbocycles. The van der Waals surface area contributed by atoms with E-state index in [4.69, 9.17) is 15.5 Å². The third kappa shape index (κ3) is 28.0. The first-order chi connectivity index (χ1) is 62.5. The predicted octanol–water partition coefficient (Wildman–Crippen LogP) is 24.6. The number of anilines is 3. The molecule has 708 valence electrons. The number of Topliss-reactive ketones (excluding diaryl/α,β-unsaturated/α-hetero) is 6. The molecular weight excluding hydrogens is 1800 g/mol. The van der Waals surface area contributed by atoms with Crippen molar-refractivity contribution in [3.8, 4) is 33.4 Å². The fourth-order valence-electron chi connectivity index (χ4n) is 19.4. The van der Waals surface area contributed by atoms with Crippen molar-refractivity contribution >= 4 is 80.0 Å². The van der Waals surface area contributed by atoms with Gasteiger partial charge in [0.1, 0.15) is 11.6 Å². The van der Waals surface area contributed by atoms with Crippen molar-refractivity contribution in [2.24, 2.45) is 0 Å². The van der Waals surface area contributed by atoms with E-state index in [9.17, 15) is 28.8 Å². The van der Waals surface area contributed by atoms with E-state index >= 15 is 0 Å². The van der Waals surface area contributed by atoms with Gasteiger partial charge in [-0.2, -0.15) is 12.0 Å². The fourth-order valence-corrected chi connectivity index (χ4v) is 19.4. The van der Waals surface area contributed by atoms with Gasteiger partial charge in [0.05, 0.1) is 17.8 Å². The predicted molar refractivity (Wildman–Crippen MR) is 546 cm³/mol. The SMILES string of the molecule is CC.CC.CC.CC1=CC(C)=C(CCC(=O)c2cc(-c3ccc(CN4CCN(C(C)(C)C)CC4)cc3)cc3c2cnn3C2CCCC2)C(=O)C1.C[CH-]Nc1cc(-c2ccnc(N3CCN(C(C)(C)C)CC3)c2)cc(C(=O)CCC2=C(C)C=C(C)CC2=O)c1C=N.C[CH-]n1cc(C)c2c(C(=O)CCC3=C(C)C=C(C)CC3=O)cc(-c3ccc(N4CCN(C(C)(C)C)CC4)nc3)cc21.[Y].[Y]. The minimum Gasteiger partial charge on any atom is -0.535 e. The number of nitrogens with zero attached hydrogens (tertiary/aromatic N) is 11. The molecule has 0 spiro atoms. The summed E-state index contributed by atoms with van der Waals surface area (Å²) in [5, 5.41) is 18.0. The van der Waals surface area contributed by atoms with E-state index in [0.717, 1.165) is 226 Å². The Balaban J connectivity index is 0.000000237. The fraction of sp³-hybridized carbons (Fsp3) is 0.482. The molecule has 4 aromatic carbocycles. The van der Waals surface area contributed by atoms with Crippen LogP contribution in [0, 0.1) is 25.4 Å². The molecule has 15 rings (SSSR count). The molecule has 3 saturated heterocycles. The summed E-state index contributed by atoms with van der Waals surface area (Å²) in [6, 6.07) is 29.9. The Bertz CT molecular complexity index is 5610. The molecule has 133 heavy (non-hydrogen) atoms. The normalized spacial score (nSPS) is 16.8. The molecule has 4 aromatic heterocycles. The van der Waals surface area contributed by atoms with Gasteiger partial charge in [-0.05, 0) is 263 Å². The van der Waals surface area contributed by atoms with Crippen molar-refractivity contribution in [1.29, 1.82) is 5.41 Å². The third-order valence-corrected chi connectivity index (χ3v) is 26.5. The number of rotatable bonds is 24. The van der Waals surface area contributed by atoms with Crippen molar-refractivity contribution in [2.45, 2.75) is 279 Å². The molecule has 7 aliphatic rings. The van der Waals surface area contributed by atoms with Crippen LogP contribution < -0.4 is 15.1 Å². The van der Waals surface area contributed by atoms with E-state index in [1.54, 1.807) is 6.54 Å². The average molecular weight is 1950 g/mol. The number of fused-ring (bicyclic) bond motifs is 2. The standard InChI is InChI=1S/C38H48N4O2.C35H43N4O2.C33H42N5O2.3C2H6.2Y/c1-26-20-27(2)32(37(44)21-26)14-15-36(43)33-22-30(23-35-34(33)24-39-42(35)31-8-6-7-9-31)29-12-10-28(11-13-29)25-40-16-18-41(19-17-40)38(3,4)5;1-8-37-22-25(4)34-29(31(40)11-10-28-24(3)17-23(2)18-32(28)41)19-27(20-30(34)37)26-9-12-33(36-21-26)38-13-15-39(16-14-38)35(5,6)7;1-7-35-29-19-25(24-10-11-36-32(20-24)37-12-14-38(15-13-37)33(4,5)6)18-27(28(29)21-34)30(39)9-8-26-23(3)16-22(2)17-31(26)40;3*1-2;;/h10-13,20,22-24,31H,6-9,14-19,21,25H2,1-5H3;8-9,12,17,19-22H,10-11,13-16,18H2,1-7H3;7,10-11,16,18-21,34-35H,8-9,12-15,17H2,1-6H3;3*1-2H3;;/q;2*-1;;;;;. The van der Waals surface area contributed by atoms with E-state index in [1.807, 2.05) is 152 Å². The third-order valence-electron chi connectivity index (χ3n) is 26.5. The molecule has 1 saturated carbocycles. The zero-order valence-electron chi connectivity index (χ0n) is 84.8. The number of benzene rings is 4. The molecule has 0 unspecified atom stereocenters. The molecule has 0 atom stereocenters. The van der Waals surface area contributed by atoms with Crippen molar-refractivity contribution in [3.63, 3.8) is 0 Å². The molecule has 4 fully saturated rings. The first-order valence-corrected chi connectivity index (χ1v) is 48.5. The second-order valence-electron chi connectivity index (χ2n) is 38.7. The van der Waals surface area contributed by atoms with Crippen LogP contribution in [0.5, 0.6) is 0 Å². The van der Waals surface area contributed by atoms with Gasteiger partial charge in [0, 0.05) is 258 Å². The number of ketones is 6. The number of carbonyl (C=O) groups is 6. The smallest absolute Gasteiger partial charge is 0.163 e. The maximum Gasteiger partial charge on any atom is 0.163 e. The van der Waals surface area contributed by atoms with Crippen LogP contribution in [0.15, 0.2) is 178 Å². The van der Waals surface area contributed by atoms with Crippen LogP contribution in [-0.4, -0.2) is 180 Å². The Hall–Kier alpha value is -8.36. The summed E-state index contributed by atoms with van der Waals surface area (Å²) < 4.78 is 4.26. The van der Waals surface area contributed by atoms with Crippen LogP contribution in [-0.2, 0) is 86.3 Å². The topological polar surface area (TPSA) is 206 Å². The van der Waals surface area contributed by atoms with Gasteiger partial charge < -0.3 is 25.1 Å². The van der Waals surface area contributed by atoms with Crippen molar-refractivity contribution in [1.82, 2.24) is 43.9 Å². The molecule has 2 radical (unpaired) electrons. The Morgan fingerprint density at radius 3 is 1.38 bits per heavy atom. The van der Waals surface area contributed by atoms with E-state index in [0.29, 0.717) is 79.8 Å². The maximum absolute atomic E-state index is 13.9. The Labute approximate surface area is 846 Å². The Morgan fingerprint density at radius 2 is 0.917 bits per heavy atom. The van der Waals surface area contributed by atoms with Gasteiger partial charge in [0.25, 0.3) is 0 Å². The number of allylic oxidation sites excluding steroid dienone is 12. The molecule has 3 aliphatic heterocycles. The van der Waals surface area contributed by atoms with E-state index in [1.165, 1.54) is 24.6 Å². The molecular formula is C112H151N13O6Y2-2. The quantitative estimate of drug-likeness (QED) is 0.0328. The molecule has 0 bridgehead atoms. The minimum atomic E-state index is -0.0774. The molecule has 19 nitrogen and oxygen atoms in total. The number of aryl methyl sites for hydroxylation is 1. The molecule has 2 N–H and O–H groups in total. The van der Waals surface area contributed by atoms with Gasteiger partial charge in [-0.15, -0.1) is 6.54 Å². The van der Waals surface area contributed by atoms with Crippen LogP contribution in [0.3, 0.4) is 0 Å². The van der Waals surface area contributed by atoms with Gasteiger partial charge in [-0.3, -0.25) is 53.0 Å². The van der Waals surface area contributed by atoms with Crippen molar-refractivity contribution in [2.75, 3.05) is 93.7 Å². The van der Waals surface area contributed by atoms with Gasteiger partial charge in [0.2, 0.25) is 0 Å². The van der Waals surface area contributed by atoms with Crippen molar-refractivity contribution in [3.05, 3.63) is 225 Å². The van der Waals surface area contributed by atoms with Crippen LogP contribution in [0.25, 0.3) is 55.2 Å². The first-order valence-electron chi connectivity index (χ1n) is 48.5. The van der Waals surface area contributed by atoms with E-state index in [2.05, 4.69) is 197 Å². The number of hydrogen-bond donors (Lipinski definition) is 2. The summed E-state index contributed by atoms with van der Waals surface area (Å²) in [5.41, 5.74) is 22.6. The molecule has 8 aromatic rings. The molecule has 0 amide bonds. The van der Waals surface area contributed by atoms with E-state index < -0.39 is 0 Å². The van der Waals surface area contributed by atoms with Crippen molar-refractivity contribution < 1.29 is 94.2 Å². The summed E-state index contributed by atoms with van der Waals surface area (Å²) in [4.78, 5) is 104.